The lowest BCUT2D eigenvalue weighted by Crippen LogP contribution is -2.10. The predicted octanol–water partition coefficient (Wildman–Crippen LogP) is 3.83. The molecule has 0 fully saturated rings. The number of nitrogens with zero attached hydrogens (tertiary/aromatic N) is 3. The highest BCUT2D eigenvalue weighted by molar-refractivity contribution is 6.32. The lowest BCUT2D eigenvalue weighted by molar-refractivity contribution is -0.136. The number of alkyl halides is 3. The van der Waals surface area contributed by atoms with Crippen molar-refractivity contribution in [2.24, 2.45) is 0 Å². The maximum absolute atomic E-state index is 13.0. The Kier molecular flexibility index (Phi) is 3.01. The lowest BCUT2D eigenvalue weighted by atomic mass is 10.1. The highest BCUT2D eigenvalue weighted by Crippen LogP contribution is 2.40. The van der Waals surface area contributed by atoms with Crippen molar-refractivity contribution in [3.05, 3.63) is 28.3 Å². The van der Waals surface area contributed by atoms with Crippen molar-refractivity contribution >= 4 is 17.1 Å². The van der Waals surface area contributed by atoms with Crippen molar-refractivity contribution in [2.45, 2.75) is 32.9 Å². The maximum Gasteiger partial charge on any atom is 0.420 e. The van der Waals surface area contributed by atoms with Crippen LogP contribution in [0.5, 0.6) is 0 Å². The van der Waals surface area contributed by atoms with Gasteiger partial charge in [-0.05, 0) is 12.8 Å². The van der Waals surface area contributed by atoms with E-state index in [1.165, 1.54) is 6.20 Å². The largest absolute Gasteiger partial charge is 0.420 e. The third-order valence-electron chi connectivity index (χ3n) is 2.55. The van der Waals surface area contributed by atoms with Crippen LogP contribution < -0.4 is 0 Å². The molecule has 2 aromatic heterocycles. The van der Waals surface area contributed by atoms with Crippen molar-refractivity contribution in [3.8, 4) is 0 Å². The fourth-order valence-corrected chi connectivity index (χ4v) is 2.16. The molecule has 0 saturated carbocycles. The molecule has 0 atom stereocenters. The third kappa shape index (κ3) is 2.05. The topological polar surface area (TPSA) is 30.2 Å². The highest BCUT2D eigenvalue weighted by atomic mass is 35.5. The zero-order valence-corrected chi connectivity index (χ0v) is 10.8. The van der Waals surface area contributed by atoms with Crippen LogP contribution in [-0.4, -0.2) is 14.6 Å². The Bertz CT molecular complexity index is 602. The van der Waals surface area contributed by atoms with Gasteiger partial charge in [-0.2, -0.15) is 18.3 Å². The van der Waals surface area contributed by atoms with Crippen LogP contribution >= 0.6 is 11.6 Å². The molecule has 18 heavy (non-hydrogen) atoms. The van der Waals surface area contributed by atoms with Crippen LogP contribution in [0.4, 0.5) is 13.2 Å². The number of halogens is 4. The molecule has 3 nitrogen and oxygen atoms in total. The maximum atomic E-state index is 13.0. The van der Waals surface area contributed by atoms with Crippen LogP contribution in [-0.2, 0) is 6.18 Å². The van der Waals surface area contributed by atoms with Gasteiger partial charge in [0.15, 0.2) is 0 Å². The fourth-order valence-electron chi connectivity index (χ4n) is 1.87. The van der Waals surface area contributed by atoms with Gasteiger partial charge in [-0.1, -0.05) is 25.4 Å². The van der Waals surface area contributed by atoms with E-state index in [1.54, 1.807) is 20.8 Å². The molecule has 7 heteroatoms. The Labute approximate surface area is 107 Å². The number of aryl methyl sites for hydroxylation is 1. The van der Waals surface area contributed by atoms with Crippen molar-refractivity contribution < 1.29 is 13.2 Å². The first kappa shape index (κ1) is 13.1. The van der Waals surface area contributed by atoms with E-state index in [2.05, 4.69) is 10.1 Å². The van der Waals surface area contributed by atoms with E-state index in [9.17, 15) is 13.2 Å². The summed E-state index contributed by atoms with van der Waals surface area (Å²) in [5.74, 6) is 0.257. The van der Waals surface area contributed by atoms with Gasteiger partial charge in [0.2, 0.25) is 0 Å². The molecule has 0 unspecified atom stereocenters. The van der Waals surface area contributed by atoms with Crippen LogP contribution in [0.1, 0.15) is 36.8 Å². The molecule has 0 aliphatic carbocycles. The molecule has 0 aliphatic heterocycles. The molecule has 0 saturated heterocycles. The summed E-state index contributed by atoms with van der Waals surface area (Å²) in [6.45, 7) is 5.19. The molecule has 2 rings (SSSR count). The van der Waals surface area contributed by atoms with E-state index < -0.39 is 11.7 Å². The van der Waals surface area contributed by atoms with Gasteiger partial charge < -0.3 is 0 Å². The SMILES string of the molecule is Cc1nc(C(C)C)c2c(C(F)(F)F)c(Cl)cn2n1. The molecule has 0 amide bonds. The highest BCUT2D eigenvalue weighted by Gasteiger charge is 2.38. The molecule has 2 aromatic rings. The molecule has 0 aromatic carbocycles. The minimum Gasteiger partial charge on any atom is -0.235 e. The summed E-state index contributed by atoms with van der Waals surface area (Å²) in [5, 5.41) is 3.58. The van der Waals surface area contributed by atoms with Gasteiger partial charge in [0, 0.05) is 6.20 Å². The zero-order valence-electron chi connectivity index (χ0n) is 10.0. The van der Waals surface area contributed by atoms with Crippen molar-refractivity contribution in [2.75, 3.05) is 0 Å². The van der Waals surface area contributed by atoms with Gasteiger partial charge in [-0.15, -0.1) is 0 Å². The third-order valence-corrected chi connectivity index (χ3v) is 2.83. The number of fused-ring (bicyclic) bond motifs is 1. The Hall–Kier alpha value is -1.30. The quantitative estimate of drug-likeness (QED) is 0.793. The molecule has 0 N–H and O–H groups in total. The smallest absolute Gasteiger partial charge is 0.235 e. The normalized spacial score (nSPS) is 12.7. The second-order valence-electron chi connectivity index (χ2n) is 4.34. The number of hydrogen-bond donors (Lipinski definition) is 0. The van der Waals surface area contributed by atoms with E-state index in [-0.39, 0.29) is 16.5 Å². The van der Waals surface area contributed by atoms with Gasteiger partial charge in [0.1, 0.15) is 16.9 Å². The Morgan fingerprint density at radius 2 is 1.94 bits per heavy atom. The zero-order chi connectivity index (χ0) is 13.7. The first-order valence-corrected chi connectivity index (χ1v) is 5.72. The van der Waals surface area contributed by atoms with E-state index in [1.807, 2.05) is 0 Å². The summed E-state index contributed by atoms with van der Waals surface area (Å²) in [7, 11) is 0. The van der Waals surface area contributed by atoms with E-state index in [0.717, 1.165) is 4.52 Å². The molecule has 2 heterocycles. The fraction of sp³-hybridized carbons (Fsp3) is 0.455. The van der Waals surface area contributed by atoms with Crippen LogP contribution in [0, 0.1) is 6.92 Å². The molecule has 98 valence electrons. The monoisotopic (exact) mass is 277 g/mol. The van der Waals surface area contributed by atoms with Crippen LogP contribution in [0.2, 0.25) is 5.02 Å². The lowest BCUT2D eigenvalue weighted by Gasteiger charge is -2.11. The minimum absolute atomic E-state index is 0.0619. The van der Waals surface area contributed by atoms with Crippen LogP contribution in [0.25, 0.3) is 5.52 Å². The molecule has 0 spiro atoms. The average molecular weight is 278 g/mol. The van der Waals surface area contributed by atoms with E-state index in [0.29, 0.717) is 11.5 Å². The van der Waals surface area contributed by atoms with Gasteiger partial charge in [-0.25, -0.2) is 9.50 Å². The summed E-state index contributed by atoms with van der Waals surface area (Å²) in [4.78, 5) is 4.10. The summed E-state index contributed by atoms with van der Waals surface area (Å²) in [6.07, 6.45) is -3.35. The summed E-state index contributed by atoms with van der Waals surface area (Å²) >= 11 is 5.67. The van der Waals surface area contributed by atoms with Gasteiger partial charge >= 0.3 is 6.18 Å². The summed E-state index contributed by atoms with van der Waals surface area (Å²) in [5.41, 5.74) is -0.581. The van der Waals surface area contributed by atoms with Crippen LogP contribution in [0.3, 0.4) is 0 Å². The summed E-state index contributed by atoms with van der Waals surface area (Å²) in [6, 6.07) is 0. The number of aromatic nitrogens is 3. The summed E-state index contributed by atoms with van der Waals surface area (Å²) < 4.78 is 40.2. The van der Waals surface area contributed by atoms with Gasteiger partial charge in [0.05, 0.1) is 10.7 Å². The second kappa shape index (κ2) is 4.12. The predicted molar refractivity (Wildman–Crippen MR) is 61.8 cm³/mol. The molecule has 0 radical (unpaired) electrons. The average Bonchev–Trinajstić information content (AvgIpc) is 2.51. The van der Waals surface area contributed by atoms with Gasteiger partial charge in [0.25, 0.3) is 0 Å². The Balaban J connectivity index is 2.91. The molecular weight excluding hydrogens is 267 g/mol. The molecule has 0 aliphatic rings. The van der Waals surface area contributed by atoms with E-state index >= 15 is 0 Å². The van der Waals surface area contributed by atoms with Crippen molar-refractivity contribution in [1.29, 1.82) is 0 Å². The molecule has 0 bridgehead atoms. The second-order valence-corrected chi connectivity index (χ2v) is 4.75. The first-order chi connectivity index (χ1) is 8.21. The number of hydrogen-bond acceptors (Lipinski definition) is 2. The van der Waals surface area contributed by atoms with Crippen LogP contribution in [0.15, 0.2) is 6.20 Å². The standard InChI is InChI=1S/C11H11ClF3N3/c1-5(2)9-10-8(11(13,14)15)7(12)4-18(10)17-6(3)16-9/h4-5H,1-3H3. The van der Waals surface area contributed by atoms with Gasteiger partial charge in [-0.3, -0.25) is 0 Å². The Morgan fingerprint density at radius 3 is 2.44 bits per heavy atom. The van der Waals surface area contributed by atoms with Crippen molar-refractivity contribution in [3.63, 3.8) is 0 Å². The minimum atomic E-state index is -4.52. The first-order valence-electron chi connectivity index (χ1n) is 5.34. The van der Waals surface area contributed by atoms with Crippen molar-refractivity contribution in [1.82, 2.24) is 14.6 Å². The molecular formula is C11H11ClF3N3. The van der Waals surface area contributed by atoms with E-state index in [4.69, 9.17) is 11.6 Å². The Morgan fingerprint density at radius 1 is 1.33 bits per heavy atom. The number of rotatable bonds is 1.